The van der Waals surface area contributed by atoms with Crippen molar-refractivity contribution in [3.05, 3.63) is 30.0 Å². The van der Waals surface area contributed by atoms with Crippen LogP contribution in [0.2, 0.25) is 0 Å². The molecule has 2 unspecified atom stereocenters. The fourth-order valence-corrected chi connectivity index (χ4v) is 3.38. The van der Waals surface area contributed by atoms with Gasteiger partial charge in [-0.05, 0) is 43.7 Å². The molecular formula is C16H20N4O2S. The lowest BCUT2D eigenvalue weighted by atomic mass is 9.95. The number of nitrogen functional groups attached to an aromatic ring is 1. The minimum absolute atomic E-state index is 0.0880. The summed E-state index contributed by atoms with van der Waals surface area (Å²) >= 11 is 0. The number of rotatable bonds is 3. The summed E-state index contributed by atoms with van der Waals surface area (Å²) in [7, 11) is -1.13. The topological polar surface area (TPSA) is 101 Å². The fraction of sp³-hybridized carbons (Fsp3) is 0.375. The molecule has 0 saturated carbocycles. The SMILES string of the molecule is CS(=O)c1ccc(O)c(-c2cc(C3CCCNC3)nc(N)n2)c1. The van der Waals surface area contributed by atoms with Gasteiger partial charge in [0, 0.05) is 40.0 Å². The van der Waals surface area contributed by atoms with Crippen LogP contribution < -0.4 is 11.1 Å². The minimum Gasteiger partial charge on any atom is -0.507 e. The second kappa shape index (κ2) is 6.64. The van der Waals surface area contributed by atoms with Crippen molar-refractivity contribution < 1.29 is 9.32 Å². The molecule has 2 heterocycles. The van der Waals surface area contributed by atoms with Crippen molar-refractivity contribution in [2.24, 2.45) is 0 Å². The van der Waals surface area contributed by atoms with Crippen LogP contribution >= 0.6 is 0 Å². The third-order valence-electron chi connectivity index (χ3n) is 4.05. The number of phenols is 1. The van der Waals surface area contributed by atoms with Crippen LogP contribution in [-0.2, 0) is 10.8 Å². The summed E-state index contributed by atoms with van der Waals surface area (Å²) < 4.78 is 11.7. The third-order valence-corrected chi connectivity index (χ3v) is 4.97. The maximum atomic E-state index is 11.7. The van der Waals surface area contributed by atoms with Gasteiger partial charge in [-0.25, -0.2) is 9.97 Å². The van der Waals surface area contributed by atoms with E-state index in [-0.39, 0.29) is 11.7 Å². The van der Waals surface area contributed by atoms with E-state index in [1.54, 1.807) is 18.4 Å². The number of nitrogens with one attached hydrogen (secondary N) is 1. The monoisotopic (exact) mass is 332 g/mol. The third kappa shape index (κ3) is 3.51. The predicted molar refractivity (Wildman–Crippen MR) is 90.7 cm³/mol. The van der Waals surface area contributed by atoms with Crippen molar-refractivity contribution in [1.82, 2.24) is 15.3 Å². The Balaban J connectivity index is 2.04. The average Bonchev–Trinajstić information content (AvgIpc) is 2.55. The lowest BCUT2D eigenvalue weighted by Crippen LogP contribution is -2.29. The molecule has 0 aliphatic carbocycles. The van der Waals surface area contributed by atoms with Crippen LogP contribution in [0.25, 0.3) is 11.3 Å². The summed E-state index contributed by atoms with van der Waals surface area (Å²) in [5.74, 6) is 0.564. The smallest absolute Gasteiger partial charge is 0.220 e. The lowest BCUT2D eigenvalue weighted by molar-refractivity contribution is 0.454. The summed E-state index contributed by atoms with van der Waals surface area (Å²) in [4.78, 5) is 9.24. The molecule has 1 aliphatic heterocycles. The normalized spacial score (nSPS) is 19.4. The van der Waals surface area contributed by atoms with E-state index in [1.807, 2.05) is 6.07 Å². The van der Waals surface area contributed by atoms with Gasteiger partial charge in [0.2, 0.25) is 5.95 Å². The van der Waals surface area contributed by atoms with Crippen LogP contribution in [0.5, 0.6) is 5.75 Å². The van der Waals surface area contributed by atoms with Crippen LogP contribution in [-0.4, -0.2) is 38.6 Å². The van der Waals surface area contributed by atoms with Gasteiger partial charge in [0.15, 0.2) is 0 Å². The van der Waals surface area contributed by atoms with E-state index < -0.39 is 10.8 Å². The van der Waals surface area contributed by atoms with Gasteiger partial charge in [0.25, 0.3) is 0 Å². The van der Waals surface area contributed by atoms with Crippen molar-refractivity contribution >= 4 is 16.7 Å². The van der Waals surface area contributed by atoms with Crippen molar-refractivity contribution in [3.63, 3.8) is 0 Å². The molecular weight excluding hydrogens is 312 g/mol. The van der Waals surface area contributed by atoms with Crippen molar-refractivity contribution in [2.45, 2.75) is 23.7 Å². The average molecular weight is 332 g/mol. The van der Waals surface area contributed by atoms with Gasteiger partial charge < -0.3 is 16.2 Å². The molecule has 1 fully saturated rings. The number of hydrogen-bond donors (Lipinski definition) is 3. The highest BCUT2D eigenvalue weighted by Gasteiger charge is 2.19. The van der Waals surface area contributed by atoms with Crippen LogP contribution in [0.4, 0.5) is 5.95 Å². The molecule has 122 valence electrons. The quantitative estimate of drug-likeness (QED) is 0.790. The molecule has 0 spiro atoms. The van der Waals surface area contributed by atoms with Crippen molar-refractivity contribution in [3.8, 4) is 17.0 Å². The molecule has 4 N–H and O–H groups in total. The van der Waals surface area contributed by atoms with Crippen molar-refractivity contribution in [1.29, 1.82) is 0 Å². The van der Waals surface area contributed by atoms with E-state index in [1.165, 1.54) is 6.07 Å². The molecule has 2 atom stereocenters. The molecule has 23 heavy (non-hydrogen) atoms. The van der Waals surface area contributed by atoms with E-state index in [9.17, 15) is 9.32 Å². The van der Waals surface area contributed by atoms with Gasteiger partial charge in [-0.15, -0.1) is 0 Å². The highest BCUT2D eigenvalue weighted by molar-refractivity contribution is 7.84. The summed E-state index contributed by atoms with van der Waals surface area (Å²) in [5, 5.41) is 13.5. The summed E-state index contributed by atoms with van der Waals surface area (Å²) in [5.41, 5.74) is 7.83. The maximum Gasteiger partial charge on any atom is 0.220 e. The molecule has 7 heteroatoms. The van der Waals surface area contributed by atoms with E-state index in [0.29, 0.717) is 22.1 Å². The van der Waals surface area contributed by atoms with E-state index in [4.69, 9.17) is 5.73 Å². The molecule has 1 saturated heterocycles. The largest absolute Gasteiger partial charge is 0.507 e. The zero-order chi connectivity index (χ0) is 16.4. The summed E-state index contributed by atoms with van der Waals surface area (Å²) in [6.45, 7) is 1.88. The van der Waals surface area contributed by atoms with Gasteiger partial charge in [0.05, 0.1) is 11.4 Å². The number of benzene rings is 1. The number of nitrogens with two attached hydrogens (primary N) is 1. The van der Waals surface area contributed by atoms with Gasteiger partial charge >= 0.3 is 0 Å². The highest BCUT2D eigenvalue weighted by atomic mass is 32.2. The van der Waals surface area contributed by atoms with Gasteiger partial charge in [0.1, 0.15) is 5.75 Å². The van der Waals surface area contributed by atoms with Gasteiger partial charge in [-0.1, -0.05) is 0 Å². The van der Waals surface area contributed by atoms with Gasteiger partial charge in [-0.3, -0.25) is 4.21 Å². The molecule has 0 amide bonds. The first kappa shape index (κ1) is 15.9. The fourth-order valence-electron chi connectivity index (χ4n) is 2.84. The number of anilines is 1. The number of hydrogen-bond acceptors (Lipinski definition) is 6. The first-order valence-electron chi connectivity index (χ1n) is 7.56. The molecule has 1 aromatic carbocycles. The zero-order valence-corrected chi connectivity index (χ0v) is 13.8. The maximum absolute atomic E-state index is 11.7. The van der Waals surface area contributed by atoms with Crippen molar-refractivity contribution in [2.75, 3.05) is 25.1 Å². The second-order valence-corrected chi connectivity index (χ2v) is 7.09. The molecule has 3 rings (SSSR count). The number of phenolic OH excluding ortho intramolecular Hbond substituents is 1. The lowest BCUT2D eigenvalue weighted by Gasteiger charge is -2.22. The number of aromatic hydroxyl groups is 1. The van der Waals surface area contributed by atoms with Gasteiger partial charge in [-0.2, -0.15) is 0 Å². The first-order valence-corrected chi connectivity index (χ1v) is 9.12. The molecule has 0 radical (unpaired) electrons. The first-order chi connectivity index (χ1) is 11.0. The predicted octanol–water partition coefficient (Wildman–Crippen LogP) is 1.64. The van der Waals surface area contributed by atoms with E-state index >= 15 is 0 Å². The van der Waals surface area contributed by atoms with Crippen LogP contribution in [0.1, 0.15) is 24.5 Å². The number of piperidine rings is 1. The Bertz CT molecular complexity index is 745. The molecule has 6 nitrogen and oxygen atoms in total. The number of aromatic nitrogens is 2. The Hall–Kier alpha value is -1.99. The van der Waals surface area contributed by atoms with Crippen LogP contribution in [0.15, 0.2) is 29.2 Å². The Morgan fingerprint density at radius 2 is 2.17 bits per heavy atom. The van der Waals surface area contributed by atoms with E-state index in [2.05, 4.69) is 15.3 Å². The standard InChI is InChI=1S/C16H20N4O2S/c1-23(22)11-4-5-15(21)12(7-11)14-8-13(19-16(17)20-14)10-3-2-6-18-9-10/h4-5,7-8,10,18,21H,2-3,6,9H2,1H3,(H2,17,19,20). The highest BCUT2D eigenvalue weighted by Crippen LogP contribution is 2.32. The Morgan fingerprint density at radius 1 is 1.35 bits per heavy atom. The molecule has 1 aliphatic rings. The van der Waals surface area contributed by atoms with E-state index in [0.717, 1.165) is 31.6 Å². The Kier molecular flexibility index (Phi) is 4.58. The number of nitrogens with zero attached hydrogens (tertiary/aromatic N) is 2. The van der Waals surface area contributed by atoms with Crippen LogP contribution in [0.3, 0.4) is 0 Å². The summed E-state index contributed by atoms with van der Waals surface area (Å²) in [6.07, 6.45) is 3.75. The minimum atomic E-state index is -1.13. The zero-order valence-electron chi connectivity index (χ0n) is 13.0. The molecule has 1 aromatic heterocycles. The summed E-state index contributed by atoms with van der Waals surface area (Å²) in [6, 6.07) is 6.74. The molecule has 2 aromatic rings. The Labute approximate surface area is 137 Å². The second-order valence-electron chi connectivity index (χ2n) is 5.71. The van der Waals surface area contributed by atoms with Crippen LogP contribution in [0, 0.1) is 0 Å². The molecule has 0 bridgehead atoms. The Morgan fingerprint density at radius 3 is 2.87 bits per heavy atom.